The Kier molecular flexibility index (Phi) is 5.75. The summed E-state index contributed by atoms with van der Waals surface area (Å²) in [5.74, 6) is 2.48. The van der Waals surface area contributed by atoms with Gasteiger partial charge in [0.1, 0.15) is 5.75 Å². The highest BCUT2D eigenvalue weighted by molar-refractivity contribution is 5.78. The molecule has 1 amide bonds. The zero-order chi connectivity index (χ0) is 21.4. The summed E-state index contributed by atoms with van der Waals surface area (Å²) >= 11 is 0. The van der Waals surface area contributed by atoms with E-state index < -0.39 is 0 Å². The van der Waals surface area contributed by atoms with Crippen LogP contribution in [0, 0.1) is 18.8 Å². The van der Waals surface area contributed by atoms with Gasteiger partial charge in [0.25, 0.3) is 0 Å². The third-order valence-corrected chi connectivity index (χ3v) is 7.80. The summed E-state index contributed by atoms with van der Waals surface area (Å²) in [5, 5.41) is 0. The number of methoxy groups -OCH3 is 1. The van der Waals surface area contributed by atoms with E-state index in [2.05, 4.69) is 65.3 Å². The molecule has 2 aromatic rings. The third kappa shape index (κ3) is 4.10. The maximum Gasteiger partial charge on any atom is 0.223 e. The van der Waals surface area contributed by atoms with E-state index in [-0.39, 0.29) is 0 Å². The normalized spacial score (nSPS) is 28.3. The molecule has 4 nitrogen and oxygen atoms in total. The molecule has 3 aliphatic heterocycles. The molecular weight excluding hydrogens is 384 g/mol. The Labute approximate surface area is 186 Å². The fourth-order valence-corrected chi connectivity index (χ4v) is 6.33. The summed E-state index contributed by atoms with van der Waals surface area (Å²) in [6.45, 7) is 5.36. The minimum atomic E-state index is 0.330. The second kappa shape index (κ2) is 8.66. The molecule has 3 saturated heterocycles. The van der Waals surface area contributed by atoms with Gasteiger partial charge in [0.2, 0.25) is 5.91 Å². The summed E-state index contributed by atoms with van der Waals surface area (Å²) in [5.41, 5.74) is 4.04. The SMILES string of the molecule is COc1ccc(CN2C[C@H]3C[C@@H](C2)[C@H](Cc2ccccc2)N2C(=O)CCC[C@@H]32)c(C)c1. The van der Waals surface area contributed by atoms with Crippen LogP contribution in [-0.2, 0) is 17.8 Å². The van der Waals surface area contributed by atoms with Crippen LogP contribution >= 0.6 is 0 Å². The lowest BCUT2D eigenvalue weighted by Gasteiger charge is -2.57. The third-order valence-electron chi connectivity index (χ3n) is 7.80. The smallest absolute Gasteiger partial charge is 0.223 e. The Bertz CT molecular complexity index is 928. The van der Waals surface area contributed by atoms with E-state index in [9.17, 15) is 4.79 Å². The van der Waals surface area contributed by atoms with Crippen molar-refractivity contribution in [2.24, 2.45) is 11.8 Å². The molecule has 2 bridgehead atoms. The Hall–Kier alpha value is -2.33. The molecule has 0 radical (unpaired) electrons. The largest absolute Gasteiger partial charge is 0.497 e. The molecule has 31 heavy (non-hydrogen) atoms. The van der Waals surface area contributed by atoms with Gasteiger partial charge in [-0.15, -0.1) is 0 Å². The molecule has 0 saturated carbocycles. The van der Waals surface area contributed by atoms with Crippen LogP contribution < -0.4 is 4.74 Å². The minimum absolute atomic E-state index is 0.330. The number of likely N-dealkylation sites (tertiary alicyclic amines) is 1. The number of rotatable bonds is 5. The van der Waals surface area contributed by atoms with Crippen molar-refractivity contribution >= 4 is 5.91 Å². The van der Waals surface area contributed by atoms with E-state index in [4.69, 9.17) is 4.74 Å². The second-order valence-electron chi connectivity index (χ2n) is 9.76. The number of aryl methyl sites for hydroxylation is 1. The first-order chi connectivity index (χ1) is 15.1. The molecule has 0 unspecified atom stereocenters. The van der Waals surface area contributed by atoms with Crippen molar-refractivity contribution in [1.29, 1.82) is 0 Å². The lowest BCUT2D eigenvalue weighted by atomic mass is 9.70. The fraction of sp³-hybridized carbons (Fsp3) is 0.519. The Morgan fingerprint density at radius 2 is 1.87 bits per heavy atom. The first kappa shape index (κ1) is 20.6. The van der Waals surface area contributed by atoms with E-state index in [0.29, 0.717) is 29.8 Å². The summed E-state index contributed by atoms with van der Waals surface area (Å²) in [6.07, 6.45) is 5.20. The van der Waals surface area contributed by atoms with Crippen molar-refractivity contribution in [2.75, 3.05) is 20.2 Å². The van der Waals surface area contributed by atoms with Crippen molar-refractivity contribution in [3.05, 3.63) is 65.2 Å². The number of benzene rings is 2. The average molecular weight is 419 g/mol. The number of hydrogen-bond donors (Lipinski definition) is 0. The fourth-order valence-electron chi connectivity index (χ4n) is 6.33. The molecule has 3 fully saturated rings. The van der Waals surface area contributed by atoms with E-state index in [1.165, 1.54) is 29.5 Å². The van der Waals surface area contributed by atoms with Gasteiger partial charge in [-0.05, 0) is 73.3 Å². The summed E-state index contributed by atoms with van der Waals surface area (Å²) < 4.78 is 5.39. The van der Waals surface area contributed by atoms with Crippen LogP contribution in [0.3, 0.4) is 0 Å². The molecule has 3 aliphatic rings. The van der Waals surface area contributed by atoms with Crippen LogP contribution in [0.25, 0.3) is 0 Å². The maximum absolute atomic E-state index is 13.0. The van der Waals surface area contributed by atoms with Crippen LogP contribution in [0.4, 0.5) is 0 Å². The number of carbonyl (C=O) groups is 1. The first-order valence-corrected chi connectivity index (χ1v) is 11.8. The number of carbonyl (C=O) groups excluding carboxylic acids is 1. The molecule has 0 aliphatic carbocycles. The standard InChI is InChI=1S/C27H34N2O2/c1-19-13-24(31-2)12-11-21(19)16-28-17-22-15-23(18-28)26(14-20-7-4-3-5-8-20)29-25(22)9-6-10-27(29)30/h3-5,7-8,11-13,22-23,25-26H,6,9-10,14-18H2,1-2H3/t22-,23+,25+,26+/m1/s1. The van der Waals surface area contributed by atoms with Gasteiger partial charge in [-0.3, -0.25) is 9.69 Å². The number of amides is 1. The Morgan fingerprint density at radius 1 is 1.06 bits per heavy atom. The van der Waals surface area contributed by atoms with Crippen LogP contribution in [-0.4, -0.2) is 48.0 Å². The average Bonchev–Trinajstić information content (AvgIpc) is 2.79. The molecule has 5 rings (SSSR count). The van der Waals surface area contributed by atoms with Crippen molar-refractivity contribution in [3.63, 3.8) is 0 Å². The van der Waals surface area contributed by atoms with Gasteiger partial charge < -0.3 is 9.64 Å². The Morgan fingerprint density at radius 3 is 2.65 bits per heavy atom. The van der Waals surface area contributed by atoms with Crippen molar-refractivity contribution in [3.8, 4) is 5.75 Å². The Balaban J connectivity index is 1.39. The molecule has 2 aromatic carbocycles. The van der Waals surface area contributed by atoms with Crippen LogP contribution in [0.2, 0.25) is 0 Å². The lowest BCUT2D eigenvalue weighted by Crippen LogP contribution is -2.65. The number of nitrogens with zero attached hydrogens (tertiary/aromatic N) is 2. The second-order valence-corrected chi connectivity index (χ2v) is 9.76. The number of ether oxygens (including phenoxy) is 1. The van der Waals surface area contributed by atoms with E-state index in [0.717, 1.165) is 44.6 Å². The zero-order valence-corrected chi connectivity index (χ0v) is 18.8. The summed E-state index contributed by atoms with van der Waals surface area (Å²) in [4.78, 5) is 18.0. The molecule has 4 heteroatoms. The van der Waals surface area contributed by atoms with Gasteiger partial charge in [-0.25, -0.2) is 0 Å². The monoisotopic (exact) mass is 418 g/mol. The predicted octanol–water partition coefficient (Wildman–Crippen LogP) is 4.45. The van der Waals surface area contributed by atoms with E-state index in [1.807, 2.05) is 0 Å². The van der Waals surface area contributed by atoms with E-state index >= 15 is 0 Å². The molecule has 0 spiro atoms. The molecule has 164 valence electrons. The van der Waals surface area contributed by atoms with Gasteiger partial charge in [-0.2, -0.15) is 0 Å². The highest BCUT2D eigenvalue weighted by Crippen LogP contribution is 2.43. The van der Waals surface area contributed by atoms with Crippen molar-refractivity contribution in [2.45, 2.75) is 57.7 Å². The summed E-state index contributed by atoms with van der Waals surface area (Å²) in [7, 11) is 1.73. The molecule has 0 N–H and O–H groups in total. The van der Waals surface area contributed by atoms with E-state index in [1.54, 1.807) is 7.11 Å². The molecule has 0 aromatic heterocycles. The molecule has 3 heterocycles. The van der Waals surface area contributed by atoms with Crippen LogP contribution in [0.1, 0.15) is 42.4 Å². The maximum atomic E-state index is 13.0. The summed E-state index contributed by atoms with van der Waals surface area (Å²) in [6, 6.07) is 17.9. The molecule has 4 atom stereocenters. The van der Waals surface area contributed by atoms with Crippen molar-refractivity contribution in [1.82, 2.24) is 9.80 Å². The number of piperidine rings is 3. The molecular formula is C27H34N2O2. The quantitative estimate of drug-likeness (QED) is 0.719. The predicted molar refractivity (Wildman–Crippen MR) is 123 cm³/mol. The van der Waals surface area contributed by atoms with Gasteiger partial charge in [-0.1, -0.05) is 36.4 Å². The first-order valence-electron chi connectivity index (χ1n) is 11.8. The topological polar surface area (TPSA) is 32.8 Å². The minimum Gasteiger partial charge on any atom is -0.497 e. The lowest BCUT2D eigenvalue weighted by molar-refractivity contribution is -0.152. The highest BCUT2D eigenvalue weighted by Gasteiger charge is 2.49. The van der Waals surface area contributed by atoms with Gasteiger partial charge >= 0.3 is 0 Å². The van der Waals surface area contributed by atoms with Gasteiger partial charge in [0.05, 0.1) is 7.11 Å². The highest BCUT2D eigenvalue weighted by atomic mass is 16.5. The van der Waals surface area contributed by atoms with Gasteiger partial charge in [0, 0.05) is 38.1 Å². The number of fused-ring (bicyclic) bond motifs is 4. The van der Waals surface area contributed by atoms with Crippen LogP contribution in [0.15, 0.2) is 48.5 Å². The zero-order valence-electron chi connectivity index (χ0n) is 18.8. The van der Waals surface area contributed by atoms with Gasteiger partial charge in [0.15, 0.2) is 0 Å². The van der Waals surface area contributed by atoms with Crippen molar-refractivity contribution < 1.29 is 9.53 Å². The number of hydrogen-bond acceptors (Lipinski definition) is 3. The van der Waals surface area contributed by atoms with Crippen LogP contribution in [0.5, 0.6) is 5.75 Å².